The number of aromatic nitrogens is 1. The smallest absolute Gasteiger partial charge is 0.123 e. The number of hydrogen-bond donors (Lipinski definition) is 1. The summed E-state index contributed by atoms with van der Waals surface area (Å²) in [6.07, 6.45) is 0.989. The van der Waals surface area contributed by atoms with Gasteiger partial charge in [-0.1, -0.05) is 18.2 Å². The third-order valence-electron chi connectivity index (χ3n) is 5.87. The van der Waals surface area contributed by atoms with Crippen LogP contribution in [0.3, 0.4) is 0 Å². The van der Waals surface area contributed by atoms with E-state index < -0.39 is 0 Å². The summed E-state index contributed by atoms with van der Waals surface area (Å²) in [5, 5.41) is 1.35. The first-order valence-corrected chi connectivity index (χ1v) is 9.85. The second-order valence-electron chi connectivity index (χ2n) is 7.75. The fourth-order valence-corrected chi connectivity index (χ4v) is 3.97. The van der Waals surface area contributed by atoms with Crippen molar-refractivity contribution < 1.29 is 4.39 Å². The summed E-state index contributed by atoms with van der Waals surface area (Å²) in [5.41, 5.74) is 6.46. The maximum absolute atomic E-state index is 13.0. The quantitative estimate of drug-likeness (QED) is 0.729. The maximum atomic E-state index is 13.0. The van der Waals surface area contributed by atoms with Gasteiger partial charge in [0.15, 0.2) is 0 Å². The predicted molar refractivity (Wildman–Crippen MR) is 110 cm³/mol. The molecular weight excluding hydrogens is 337 g/mol. The Labute approximate surface area is 160 Å². The third-order valence-corrected chi connectivity index (χ3v) is 5.87. The molecule has 4 heteroatoms. The van der Waals surface area contributed by atoms with Crippen molar-refractivity contribution in [3.63, 3.8) is 0 Å². The lowest BCUT2D eigenvalue weighted by molar-refractivity contribution is 0.128. The highest BCUT2D eigenvalue weighted by Crippen LogP contribution is 2.23. The number of hydrogen-bond acceptors (Lipinski definition) is 2. The fourth-order valence-electron chi connectivity index (χ4n) is 3.97. The number of rotatable bonds is 5. The summed E-state index contributed by atoms with van der Waals surface area (Å²) in [5.74, 6) is -0.157. The summed E-state index contributed by atoms with van der Waals surface area (Å²) in [6, 6.07) is 13.7. The van der Waals surface area contributed by atoms with E-state index in [2.05, 4.69) is 46.8 Å². The predicted octanol–water partition coefficient (Wildman–Crippen LogP) is 4.28. The van der Waals surface area contributed by atoms with Crippen LogP contribution in [0.25, 0.3) is 10.9 Å². The van der Waals surface area contributed by atoms with E-state index in [1.54, 1.807) is 12.1 Å². The second kappa shape index (κ2) is 7.83. The molecule has 0 bridgehead atoms. The summed E-state index contributed by atoms with van der Waals surface area (Å²) in [6.45, 7) is 10.8. The summed E-state index contributed by atoms with van der Waals surface area (Å²) >= 11 is 0. The first kappa shape index (κ1) is 18.2. The van der Waals surface area contributed by atoms with Gasteiger partial charge in [0.1, 0.15) is 5.82 Å². The van der Waals surface area contributed by atoms with Gasteiger partial charge in [-0.2, -0.15) is 0 Å². The topological polar surface area (TPSA) is 22.3 Å². The van der Waals surface area contributed by atoms with Crippen LogP contribution in [0.4, 0.5) is 4.39 Å². The number of aromatic amines is 1. The molecule has 0 atom stereocenters. The molecule has 0 saturated carbocycles. The Morgan fingerprint density at radius 2 is 1.56 bits per heavy atom. The van der Waals surface area contributed by atoms with Crippen molar-refractivity contribution in [1.29, 1.82) is 0 Å². The molecule has 3 nitrogen and oxygen atoms in total. The number of halogens is 1. The van der Waals surface area contributed by atoms with Crippen molar-refractivity contribution in [3.05, 3.63) is 70.7 Å². The summed E-state index contributed by atoms with van der Waals surface area (Å²) in [7, 11) is 0. The lowest BCUT2D eigenvalue weighted by atomic mass is 10.1. The Kier molecular flexibility index (Phi) is 5.28. The minimum Gasteiger partial charge on any atom is -0.358 e. The first-order valence-electron chi connectivity index (χ1n) is 9.85. The number of fused-ring (bicyclic) bond motifs is 1. The number of benzene rings is 2. The van der Waals surface area contributed by atoms with Crippen LogP contribution in [0.2, 0.25) is 0 Å². The zero-order chi connectivity index (χ0) is 18.8. The van der Waals surface area contributed by atoms with Crippen LogP contribution >= 0.6 is 0 Å². The highest BCUT2D eigenvalue weighted by molar-refractivity contribution is 5.84. The van der Waals surface area contributed by atoms with E-state index in [1.165, 1.54) is 33.3 Å². The molecule has 2 heterocycles. The normalized spacial score (nSPS) is 16.3. The Morgan fingerprint density at radius 3 is 2.30 bits per heavy atom. The zero-order valence-corrected chi connectivity index (χ0v) is 16.3. The van der Waals surface area contributed by atoms with Gasteiger partial charge in [0.25, 0.3) is 0 Å². The summed E-state index contributed by atoms with van der Waals surface area (Å²) in [4.78, 5) is 8.52. The highest BCUT2D eigenvalue weighted by Gasteiger charge is 2.17. The van der Waals surface area contributed by atoms with Gasteiger partial charge in [-0.15, -0.1) is 0 Å². The molecule has 1 N–H and O–H groups in total. The van der Waals surface area contributed by atoms with Crippen molar-refractivity contribution in [2.45, 2.75) is 26.8 Å². The minimum absolute atomic E-state index is 0.157. The Balaban J connectivity index is 1.29. The Hall–Kier alpha value is -2.17. The van der Waals surface area contributed by atoms with Crippen LogP contribution in [0, 0.1) is 19.7 Å². The number of H-pyrrole nitrogens is 1. The average Bonchev–Trinajstić information content (AvgIpc) is 2.96. The van der Waals surface area contributed by atoms with E-state index in [9.17, 15) is 4.39 Å². The molecule has 142 valence electrons. The van der Waals surface area contributed by atoms with Crippen LogP contribution in [0.1, 0.15) is 22.4 Å². The lowest BCUT2D eigenvalue weighted by Gasteiger charge is -2.34. The number of nitrogens with one attached hydrogen (secondary N) is 1. The highest BCUT2D eigenvalue weighted by atomic mass is 19.1. The molecule has 0 amide bonds. The van der Waals surface area contributed by atoms with Crippen molar-refractivity contribution in [2.75, 3.05) is 32.7 Å². The molecule has 1 aromatic heterocycles. The average molecular weight is 365 g/mol. The standard InChI is InChI=1S/C23H28FN3/c1-17-18(2)25-23-8-5-20(15-22(17)23)16-27-13-11-26(12-14-27)10-9-19-3-6-21(24)7-4-19/h3-8,15,25H,9-14,16H2,1-2H3. The maximum Gasteiger partial charge on any atom is 0.123 e. The van der Waals surface area contributed by atoms with Gasteiger partial charge in [-0.3, -0.25) is 4.90 Å². The van der Waals surface area contributed by atoms with Gasteiger partial charge in [-0.05, 0) is 61.2 Å². The number of piperazine rings is 1. The molecule has 1 saturated heterocycles. The fraction of sp³-hybridized carbons (Fsp3) is 0.391. The molecule has 1 aliphatic heterocycles. The van der Waals surface area contributed by atoms with E-state index in [4.69, 9.17) is 0 Å². The van der Waals surface area contributed by atoms with E-state index >= 15 is 0 Å². The SMILES string of the molecule is Cc1[nH]c2ccc(CN3CCN(CCc4ccc(F)cc4)CC3)cc2c1C. The number of nitrogens with zero attached hydrogens (tertiary/aromatic N) is 2. The minimum atomic E-state index is -0.157. The van der Waals surface area contributed by atoms with Crippen molar-refractivity contribution in [2.24, 2.45) is 0 Å². The van der Waals surface area contributed by atoms with Gasteiger partial charge in [0.05, 0.1) is 0 Å². The van der Waals surface area contributed by atoms with Crippen LogP contribution in [0.15, 0.2) is 42.5 Å². The van der Waals surface area contributed by atoms with E-state index in [1.807, 2.05) is 12.1 Å². The van der Waals surface area contributed by atoms with Gasteiger partial charge < -0.3 is 9.88 Å². The molecule has 1 aliphatic rings. The molecule has 0 radical (unpaired) electrons. The molecule has 0 aliphatic carbocycles. The molecular formula is C23H28FN3. The van der Waals surface area contributed by atoms with Crippen LogP contribution in [0.5, 0.6) is 0 Å². The van der Waals surface area contributed by atoms with E-state index in [0.29, 0.717) is 0 Å². The third kappa shape index (κ3) is 4.23. The molecule has 0 spiro atoms. The van der Waals surface area contributed by atoms with Gasteiger partial charge in [-0.25, -0.2) is 4.39 Å². The van der Waals surface area contributed by atoms with Crippen LogP contribution in [-0.4, -0.2) is 47.5 Å². The van der Waals surface area contributed by atoms with Gasteiger partial charge >= 0.3 is 0 Å². The zero-order valence-electron chi connectivity index (χ0n) is 16.3. The molecule has 2 aromatic carbocycles. The molecule has 4 rings (SSSR count). The Morgan fingerprint density at radius 1 is 0.889 bits per heavy atom. The van der Waals surface area contributed by atoms with E-state index in [-0.39, 0.29) is 5.82 Å². The summed E-state index contributed by atoms with van der Waals surface area (Å²) < 4.78 is 13.0. The monoisotopic (exact) mass is 365 g/mol. The van der Waals surface area contributed by atoms with Crippen LogP contribution < -0.4 is 0 Å². The number of aryl methyl sites for hydroxylation is 2. The van der Waals surface area contributed by atoms with Crippen molar-refractivity contribution >= 4 is 10.9 Å². The second-order valence-corrected chi connectivity index (χ2v) is 7.75. The lowest BCUT2D eigenvalue weighted by Crippen LogP contribution is -2.46. The van der Waals surface area contributed by atoms with Crippen molar-refractivity contribution in [1.82, 2.24) is 14.8 Å². The molecule has 1 fully saturated rings. The molecule has 27 heavy (non-hydrogen) atoms. The first-order chi connectivity index (χ1) is 13.1. The van der Waals surface area contributed by atoms with E-state index in [0.717, 1.165) is 45.7 Å². The van der Waals surface area contributed by atoms with Gasteiger partial charge in [0.2, 0.25) is 0 Å². The molecule has 3 aromatic rings. The van der Waals surface area contributed by atoms with Crippen LogP contribution in [-0.2, 0) is 13.0 Å². The van der Waals surface area contributed by atoms with Crippen molar-refractivity contribution in [3.8, 4) is 0 Å². The van der Waals surface area contributed by atoms with Gasteiger partial charge in [0, 0.05) is 55.9 Å². The molecule has 0 unspecified atom stereocenters. The largest absolute Gasteiger partial charge is 0.358 e. The Bertz CT molecular complexity index is 905.